The quantitative estimate of drug-likeness (QED) is 0.496. The van der Waals surface area contributed by atoms with Crippen molar-refractivity contribution in [3.05, 3.63) is 0 Å². The number of aldehydes is 1. The molecule has 0 rings (SSSR count). The van der Waals surface area contributed by atoms with Crippen molar-refractivity contribution in [2.45, 2.75) is 13.8 Å². The molecule has 4 heteroatoms. The van der Waals surface area contributed by atoms with Gasteiger partial charge in [-0.25, -0.2) is 0 Å². The van der Waals surface area contributed by atoms with Crippen molar-refractivity contribution in [1.29, 1.82) is 0 Å². The van der Waals surface area contributed by atoms with Gasteiger partial charge in [-0.1, -0.05) is 15.9 Å². The first-order chi connectivity index (χ1) is 4.74. The standard InChI is InChI=1S/C2H3BrO.2C2H6O/c3-1-2-4;2*1-2-3/h2H,1H2;2*3H,2H2,1H3. The van der Waals surface area contributed by atoms with E-state index in [1.165, 1.54) is 0 Å². The molecule has 0 amide bonds. The molecule has 64 valence electrons. The molecule has 0 spiro atoms. The normalized spacial score (nSPS) is 6.10. The van der Waals surface area contributed by atoms with Crippen molar-refractivity contribution in [1.82, 2.24) is 0 Å². The maximum Gasteiger partial charge on any atom is 0.130 e. The topological polar surface area (TPSA) is 57.5 Å². The number of aliphatic hydroxyl groups is 2. The highest BCUT2D eigenvalue weighted by molar-refractivity contribution is 9.09. The van der Waals surface area contributed by atoms with Crippen LogP contribution in [-0.4, -0.2) is 35.0 Å². The summed E-state index contributed by atoms with van der Waals surface area (Å²) in [7, 11) is 0. The van der Waals surface area contributed by atoms with Crippen molar-refractivity contribution in [3.63, 3.8) is 0 Å². The third kappa shape index (κ3) is 352. The number of alkyl halides is 1. The molecule has 0 aromatic heterocycles. The average molecular weight is 215 g/mol. The summed E-state index contributed by atoms with van der Waals surface area (Å²) in [5.41, 5.74) is 0. The lowest BCUT2D eigenvalue weighted by Crippen LogP contribution is -1.61. The van der Waals surface area contributed by atoms with Gasteiger partial charge in [-0.2, -0.15) is 0 Å². The van der Waals surface area contributed by atoms with Crippen molar-refractivity contribution >= 4 is 22.2 Å². The first-order valence-corrected chi connectivity index (χ1v) is 4.08. The molecular weight excluding hydrogens is 200 g/mol. The summed E-state index contributed by atoms with van der Waals surface area (Å²) in [5.74, 6) is 0. The Hall–Kier alpha value is 0.0700. The molecule has 0 atom stereocenters. The first-order valence-electron chi connectivity index (χ1n) is 2.96. The maximum atomic E-state index is 9.13. The number of aliphatic hydroxyl groups excluding tert-OH is 2. The smallest absolute Gasteiger partial charge is 0.130 e. The van der Waals surface area contributed by atoms with E-state index < -0.39 is 0 Å². The molecular formula is C6H15BrO3. The van der Waals surface area contributed by atoms with Gasteiger partial charge in [0.1, 0.15) is 6.29 Å². The predicted octanol–water partition coefficient (Wildman–Crippen LogP) is 0.577. The van der Waals surface area contributed by atoms with Gasteiger partial charge in [0, 0.05) is 13.2 Å². The number of hydrogen-bond acceptors (Lipinski definition) is 3. The Morgan fingerprint density at radius 3 is 1.40 bits per heavy atom. The summed E-state index contributed by atoms with van der Waals surface area (Å²) < 4.78 is 0. The summed E-state index contributed by atoms with van der Waals surface area (Å²) in [5, 5.41) is 15.6. The van der Waals surface area contributed by atoms with Crippen LogP contribution in [0.1, 0.15) is 13.8 Å². The molecule has 10 heavy (non-hydrogen) atoms. The van der Waals surface area contributed by atoms with Crippen LogP contribution in [0.4, 0.5) is 0 Å². The number of carbonyl (C=O) groups is 1. The van der Waals surface area contributed by atoms with Gasteiger partial charge in [-0.3, -0.25) is 0 Å². The van der Waals surface area contributed by atoms with Crippen LogP contribution in [0.15, 0.2) is 0 Å². The SMILES string of the molecule is CCO.CCO.O=CCBr. The van der Waals surface area contributed by atoms with Gasteiger partial charge < -0.3 is 15.0 Å². The van der Waals surface area contributed by atoms with Gasteiger partial charge in [0.05, 0.1) is 5.33 Å². The molecule has 2 N–H and O–H groups in total. The monoisotopic (exact) mass is 214 g/mol. The second kappa shape index (κ2) is 35.7. The van der Waals surface area contributed by atoms with Crippen LogP contribution >= 0.6 is 15.9 Å². The van der Waals surface area contributed by atoms with Crippen LogP contribution in [0.25, 0.3) is 0 Å². The van der Waals surface area contributed by atoms with Gasteiger partial charge in [0.15, 0.2) is 0 Å². The Morgan fingerprint density at radius 1 is 1.30 bits per heavy atom. The fraction of sp³-hybridized carbons (Fsp3) is 0.833. The van der Waals surface area contributed by atoms with E-state index in [1.807, 2.05) is 0 Å². The van der Waals surface area contributed by atoms with Crippen LogP contribution in [-0.2, 0) is 4.79 Å². The summed E-state index contributed by atoms with van der Waals surface area (Å²) in [6, 6.07) is 0. The zero-order chi connectivity index (χ0) is 8.83. The van der Waals surface area contributed by atoms with Crippen molar-refractivity contribution < 1.29 is 15.0 Å². The van der Waals surface area contributed by atoms with Gasteiger partial charge in [0.25, 0.3) is 0 Å². The van der Waals surface area contributed by atoms with Gasteiger partial charge in [-0.15, -0.1) is 0 Å². The molecule has 3 nitrogen and oxygen atoms in total. The molecule has 0 saturated heterocycles. The fourth-order valence-corrected chi connectivity index (χ4v) is 0. The minimum atomic E-state index is 0.250. The molecule has 0 aliphatic carbocycles. The van der Waals surface area contributed by atoms with Gasteiger partial charge in [-0.05, 0) is 13.8 Å². The molecule has 0 aromatic carbocycles. The number of halogens is 1. The van der Waals surface area contributed by atoms with Crippen molar-refractivity contribution in [2.75, 3.05) is 18.5 Å². The van der Waals surface area contributed by atoms with E-state index in [1.54, 1.807) is 13.8 Å². The minimum absolute atomic E-state index is 0.250. The van der Waals surface area contributed by atoms with E-state index in [9.17, 15) is 0 Å². The predicted molar refractivity (Wildman–Crippen MR) is 45.4 cm³/mol. The Balaban J connectivity index is -0.0000000750. The number of hydrogen-bond donors (Lipinski definition) is 2. The zero-order valence-electron chi connectivity index (χ0n) is 6.38. The van der Waals surface area contributed by atoms with Crippen LogP contribution in [0.2, 0.25) is 0 Å². The fourth-order valence-electron chi connectivity index (χ4n) is 0. The third-order valence-corrected chi connectivity index (χ3v) is 0.327. The van der Waals surface area contributed by atoms with Crippen molar-refractivity contribution in [2.24, 2.45) is 0 Å². The van der Waals surface area contributed by atoms with E-state index in [4.69, 9.17) is 15.0 Å². The molecule has 0 saturated carbocycles. The first kappa shape index (κ1) is 16.6. The Labute approximate surface area is 70.2 Å². The number of carbonyl (C=O) groups excluding carboxylic acids is 1. The Morgan fingerprint density at radius 2 is 1.40 bits per heavy atom. The highest BCUT2D eigenvalue weighted by Gasteiger charge is 1.55. The molecule has 0 aromatic rings. The summed E-state index contributed by atoms with van der Waals surface area (Å²) >= 11 is 2.88. The largest absolute Gasteiger partial charge is 0.397 e. The molecule has 0 fully saturated rings. The molecule has 0 aliphatic rings. The van der Waals surface area contributed by atoms with E-state index in [0.717, 1.165) is 6.29 Å². The maximum absolute atomic E-state index is 9.13. The highest BCUT2D eigenvalue weighted by Crippen LogP contribution is 1.65. The zero-order valence-corrected chi connectivity index (χ0v) is 7.97. The van der Waals surface area contributed by atoms with Gasteiger partial charge in [0.2, 0.25) is 0 Å². The minimum Gasteiger partial charge on any atom is -0.397 e. The Kier molecular flexibility index (Phi) is 59.1. The summed E-state index contributed by atoms with van der Waals surface area (Å²) in [6.45, 7) is 3.86. The lowest BCUT2D eigenvalue weighted by Gasteiger charge is -1.52. The van der Waals surface area contributed by atoms with Crippen molar-refractivity contribution in [3.8, 4) is 0 Å². The van der Waals surface area contributed by atoms with Crippen LogP contribution in [0, 0.1) is 0 Å². The summed E-state index contributed by atoms with van der Waals surface area (Å²) in [4.78, 5) is 9.13. The molecule has 0 unspecified atom stereocenters. The lowest BCUT2D eigenvalue weighted by molar-refractivity contribution is -0.105. The molecule has 0 bridgehead atoms. The van der Waals surface area contributed by atoms with Crippen LogP contribution in [0.5, 0.6) is 0 Å². The highest BCUT2D eigenvalue weighted by atomic mass is 79.9. The van der Waals surface area contributed by atoms with E-state index in [2.05, 4.69) is 15.9 Å². The molecule has 0 radical (unpaired) electrons. The second-order valence-corrected chi connectivity index (χ2v) is 1.60. The lowest BCUT2D eigenvalue weighted by atomic mass is 10.9. The van der Waals surface area contributed by atoms with Crippen LogP contribution < -0.4 is 0 Å². The number of rotatable bonds is 1. The van der Waals surface area contributed by atoms with E-state index in [0.29, 0.717) is 5.33 Å². The van der Waals surface area contributed by atoms with E-state index in [-0.39, 0.29) is 13.2 Å². The van der Waals surface area contributed by atoms with Gasteiger partial charge >= 0.3 is 0 Å². The average Bonchev–Trinajstić information content (AvgIpc) is 1.91. The Bertz CT molecular complexity index is 40.0. The van der Waals surface area contributed by atoms with Crippen LogP contribution in [0.3, 0.4) is 0 Å². The van der Waals surface area contributed by atoms with E-state index >= 15 is 0 Å². The second-order valence-electron chi connectivity index (χ2n) is 0.953. The third-order valence-electron chi connectivity index (χ3n) is 0.0630. The summed E-state index contributed by atoms with van der Waals surface area (Å²) in [6.07, 6.45) is 0.792. The molecule has 0 heterocycles. The molecule has 0 aliphatic heterocycles.